The minimum Gasteiger partial charge on any atom is -0.321 e. The van der Waals surface area contributed by atoms with Gasteiger partial charge in [-0.3, -0.25) is 9.59 Å². The average Bonchev–Trinajstić information content (AvgIpc) is 2.84. The molecule has 1 amide bonds. The first-order valence-electron chi connectivity index (χ1n) is 10.3. The molecule has 4 rings (SSSR count). The van der Waals surface area contributed by atoms with Gasteiger partial charge < -0.3 is 5.32 Å². The molecule has 0 aliphatic rings. The number of hydrogen-bond donors (Lipinski definition) is 1. The topological polar surface area (TPSA) is 46.2 Å². The Morgan fingerprint density at radius 2 is 1.16 bits per heavy atom. The summed E-state index contributed by atoms with van der Waals surface area (Å²) in [4.78, 5) is 26.1. The van der Waals surface area contributed by atoms with Crippen LogP contribution < -0.4 is 5.32 Å². The molecular weight excluding hydrogens is 382 g/mol. The van der Waals surface area contributed by atoms with Crippen LogP contribution in [0.25, 0.3) is 0 Å². The van der Waals surface area contributed by atoms with E-state index in [9.17, 15) is 9.59 Å². The number of amides is 1. The molecule has 152 valence electrons. The monoisotopic (exact) mass is 405 g/mol. The summed E-state index contributed by atoms with van der Waals surface area (Å²) in [5.74, 6) is -0.328. The van der Waals surface area contributed by atoms with E-state index < -0.39 is 0 Å². The average molecular weight is 405 g/mol. The number of rotatable bonds is 7. The highest BCUT2D eigenvalue weighted by Crippen LogP contribution is 2.21. The highest BCUT2D eigenvalue weighted by molar-refractivity contribution is 6.15. The Bertz CT molecular complexity index is 1180. The van der Waals surface area contributed by atoms with Crippen LogP contribution in [0.15, 0.2) is 109 Å². The molecule has 0 heterocycles. The van der Waals surface area contributed by atoms with E-state index in [-0.39, 0.29) is 11.7 Å². The molecular formula is C28H23NO2. The quantitative estimate of drug-likeness (QED) is 0.386. The number of nitrogens with one attached hydrogen (secondary N) is 1. The summed E-state index contributed by atoms with van der Waals surface area (Å²) >= 11 is 0. The summed E-state index contributed by atoms with van der Waals surface area (Å²) in [6.07, 6.45) is 1.62. The second-order valence-corrected chi connectivity index (χ2v) is 7.34. The first-order chi connectivity index (χ1) is 15.2. The van der Waals surface area contributed by atoms with Crippen LogP contribution in [0.4, 0.5) is 5.69 Å². The van der Waals surface area contributed by atoms with Crippen molar-refractivity contribution in [3.63, 3.8) is 0 Å². The molecule has 0 saturated carbocycles. The van der Waals surface area contributed by atoms with E-state index in [1.807, 2.05) is 66.7 Å². The maximum atomic E-state index is 13.1. The van der Waals surface area contributed by atoms with Crippen LogP contribution in [-0.4, -0.2) is 11.7 Å². The second kappa shape index (κ2) is 9.68. The van der Waals surface area contributed by atoms with Crippen molar-refractivity contribution >= 4 is 17.4 Å². The molecule has 31 heavy (non-hydrogen) atoms. The summed E-state index contributed by atoms with van der Waals surface area (Å²) in [7, 11) is 0. The van der Waals surface area contributed by atoms with Crippen LogP contribution in [0.5, 0.6) is 0 Å². The normalized spacial score (nSPS) is 10.5. The summed E-state index contributed by atoms with van der Waals surface area (Å²) in [5.41, 5.74) is 4.42. The molecule has 1 N–H and O–H groups in total. The van der Waals surface area contributed by atoms with Crippen LogP contribution in [0.2, 0.25) is 0 Å². The zero-order valence-electron chi connectivity index (χ0n) is 17.1. The molecule has 0 atom stereocenters. The number of carbonyl (C=O) groups excluding carboxylic acids is 2. The van der Waals surface area contributed by atoms with E-state index in [0.29, 0.717) is 22.4 Å². The lowest BCUT2D eigenvalue weighted by molar-refractivity contribution is 0.102. The summed E-state index contributed by atoms with van der Waals surface area (Å²) < 4.78 is 0. The predicted octanol–water partition coefficient (Wildman–Crippen LogP) is 5.96. The number of aryl methyl sites for hydroxylation is 2. The molecule has 0 fully saturated rings. The minimum absolute atomic E-state index is 0.117. The van der Waals surface area contributed by atoms with Gasteiger partial charge >= 0.3 is 0 Å². The van der Waals surface area contributed by atoms with E-state index in [4.69, 9.17) is 0 Å². The third-order valence-electron chi connectivity index (χ3n) is 5.24. The van der Waals surface area contributed by atoms with E-state index >= 15 is 0 Å². The van der Waals surface area contributed by atoms with Crippen molar-refractivity contribution < 1.29 is 9.59 Å². The Morgan fingerprint density at radius 3 is 1.90 bits per heavy atom. The standard InChI is InChI=1S/C28H23NO2/c30-27(23-14-5-2-6-15-23)25-17-9-10-18-26(25)29-28(31)24-16-8-7-13-22(24)20-19-21-11-3-1-4-12-21/h1-18H,19-20H2,(H,29,31). The lowest BCUT2D eigenvalue weighted by atomic mass is 9.98. The first-order valence-corrected chi connectivity index (χ1v) is 10.3. The van der Waals surface area contributed by atoms with E-state index in [1.54, 1.807) is 30.3 Å². The van der Waals surface area contributed by atoms with Gasteiger partial charge in [-0.1, -0.05) is 91.0 Å². The Hall–Kier alpha value is -3.98. The van der Waals surface area contributed by atoms with Crippen LogP contribution in [0, 0.1) is 0 Å². The van der Waals surface area contributed by atoms with Gasteiger partial charge in [0.2, 0.25) is 0 Å². The largest absolute Gasteiger partial charge is 0.321 e. The Kier molecular flexibility index (Phi) is 6.34. The van der Waals surface area contributed by atoms with Crippen molar-refractivity contribution in [1.29, 1.82) is 0 Å². The number of para-hydroxylation sites is 1. The van der Waals surface area contributed by atoms with E-state index in [1.165, 1.54) is 5.56 Å². The van der Waals surface area contributed by atoms with Gasteiger partial charge in [0.15, 0.2) is 5.78 Å². The number of benzene rings is 4. The summed E-state index contributed by atoms with van der Waals surface area (Å²) in [6.45, 7) is 0. The summed E-state index contributed by atoms with van der Waals surface area (Å²) in [5, 5.41) is 2.96. The van der Waals surface area contributed by atoms with Crippen molar-refractivity contribution in [3.05, 3.63) is 137 Å². The number of ketones is 1. The molecule has 0 radical (unpaired) electrons. The fourth-order valence-electron chi connectivity index (χ4n) is 3.61. The van der Waals surface area contributed by atoms with Crippen LogP contribution in [-0.2, 0) is 12.8 Å². The third-order valence-corrected chi connectivity index (χ3v) is 5.24. The number of hydrogen-bond acceptors (Lipinski definition) is 2. The van der Waals surface area contributed by atoms with Crippen molar-refractivity contribution in [2.24, 2.45) is 0 Å². The van der Waals surface area contributed by atoms with Crippen molar-refractivity contribution in [2.45, 2.75) is 12.8 Å². The SMILES string of the molecule is O=C(Nc1ccccc1C(=O)c1ccccc1)c1ccccc1CCc1ccccc1. The van der Waals surface area contributed by atoms with Gasteiger partial charge in [-0.25, -0.2) is 0 Å². The molecule has 3 heteroatoms. The van der Waals surface area contributed by atoms with Gasteiger partial charge in [-0.05, 0) is 42.2 Å². The third kappa shape index (κ3) is 4.96. The van der Waals surface area contributed by atoms with Crippen molar-refractivity contribution in [1.82, 2.24) is 0 Å². The maximum absolute atomic E-state index is 13.1. The van der Waals surface area contributed by atoms with Crippen molar-refractivity contribution in [2.75, 3.05) is 5.32 Å². The van der Waals surface area contributed by atoms with Crippen LogP contribution in [0.3, 0.4) is 0 Å². The fourth-order valence-corrected chi connectivity index (χ4v) is 3.61. The highest BCUT2D eigenvalue weighted by atomic mass is 16.2. The first kappa shape index (κ1) is 20.3. The molecule has 0 saturated heterocycles. The maximum Gasteiger partial charge on any atom is 0.255 e. The molecule has 0 aromatic heterocycles. The molecule has 3 nitrogen and oxygen atoms in total. The molecule has 0 aliphatic heterocycles. The molecule has 0 unspecified atom stereocenters. The van der Waals surface area contributed by atoms with Crippen LogP contribution >= 0.6 is 0 Å². The van der Waals surface area contributed by atoms with E-state index in [2.05, 4.69) is 17.4 Å². The fraction of sp³-hybridized carbons (Fsp3) is 0.0714. The van der Waals surface area contributed by atoms with Gasteiger partial charge in [0.05, 0.1) is 5.69 Å². The lowest BCUT2D eigenvalue weighted by Gasteiger charge is -2.13. The number of anilines is 1. The predicted molar refractivity (Wildman–Crippen MR) is 125 cm³/mol. The number of carbonyl (C=O) groups is 2. The zero-order chi connectivity index (χ0) is 21.5. The van der Waals surface area contributed by atoms with E-state index in [0.717, 1.165) is 18.4 Å². The Balaban J connectivity index is 1.55. The Morgan fingerprint density at radius 1 is 0.581 bits per heavy atom. The second-order valence-electron chi connectivity index (χ2n) is 7.34. The molecule has 0 aliphatic carbocycles. The Labute approximate surface area is 182 Å². The van der Waals surface area contributed by atoms with Crippen LogP contribution in [0.1, 0.15) is 37.4 Å². The van der Waals surface area contributed by atoms with Gasteiger partial charge in [0.25, 0.3) is 5.91 Å². The molecule has 4 aromatic carbocycles. The highest BCUT2D eigenvalue weighted by Gasteiger charge is 2.17. The molecule has 0 bridgehead atoms. The summed E-state index contributed by atoms with van der Waals surface area (Å²) in [6, 6.07) is 34.1. The minimum atomic E-state index is -0.211. The molecule has 0 spiro atoms. The van der Waals surface area contributed by atoms with Crippen molar-refractivity contribution in [3.8, 4) is 0 Å². The van der Waals surface area contributed by atoms with Gasteiger partial charge in [-0.15, -0.1) is 0 Å². The smallest absolute Gasteiger partial charge is 0.255 e. The zero-order valence-corrected chi connectivity index (χ0v) is 17.1. The van der Waals surface area contributed by atoms with Gasteiger partial charge in [0, 0.05) is 16.7 Å². The van der Waals surface area contributed by atoms with Gasteiger partial charge in [0.1, 0.15) is 0 Å². The lowest BCUT2D eigenvalue weighted by Crippen LogP contribution is -2.17. The molecule has 4 aromatic rings. The van der Waals surface area contributed by atoms with Gasteiger partial charge in [-0.2, -0.15) is 0 Å².